The molecule has 2 aromatic rings. The monoisotopic (exact) mass is 415 g/mol. The first-order valence-electron chi connectivity index (χ1n) is 9.77. The van der Waals surface area contributed by atoms with Gasteiger partial charge in [-0.2, -0.15) is 0 Å². The normalized spacial score (nSPS) is 12.7. The van der Waals surface area contributed by atoms with Gasteiger partial charge in [-0.15, -0.1) is 0 Å². The van der Waals surface area contributed by atoms with Crippen LogP contribution in [0.25, 0.3) is 0 Å². The number of carbonyl (C=O) groups excluding carboxylic acids is 3. The zero-order valence-corrected chi connectivity index (χ0v) is 17.5. The van der Waals surface area contributed by atoms with Gasteiger partial charge in [0.05, 0.1) is 12.2 Å². The molecule has 0 spiro atoms. The van der Waals surface area contributed by atoms with Crippen molar-refractivity contribution in [3.63, 3.8) is 0 Å². The van der Waals surface area contributed by atoms with Crippen LogP contribution in [0.15, 0.2) is 48.5 Å². The number of rotatable bonds is 9. The minimum Gasteiger partial charge on any atom is -0.494 e. The summed E-state index contributed by atoms with van der Waals surface area (Å²) >= 11 is 0. The lowest BCUT2D eigenvalue weighted by molar-refractivity contribution is -0.149. The van der Waals surface area contributed by atoms with Gasteiger partial charge in [0.1, 0.15) is 17.6 Å². The fraction of sp³-hybridized carbons (Fsp3) is 0.348. The zero-order chi connectivity index (χ0) is 22.3. The van der Waals surface area contributed by atoms with Gasteiger partial charge < -0.3 is 14.8 Å². The van der Waals surface area contributed by atoms with Crippen molar-refractivity contribution in [3.05, 3.63) is 65.5 Å². The van der Waals surface area contributed by atoms with Gasteiger partial charge in [0, 0.05) is 5.56 Å². The van der Waals surface area contributed by atoms with Crippen LogP contribution in [-0.4, -0.2) is 36.4 Å². The smallest absolute Gasteiger partial charge is 0.329 e. The second-order valence-electron chi connectivity index (χ2n) is 7.08. The highest BCUT2D eigenvalue weighted by atomic mass is 19.1. The SMILES string of the molecule is CCOc1ccc(C(=O)C(C)OC(=O)C(NC(=O)c2ccccc2F)C(C)C)cc1. The Morgan fingerprint density at radius 2 is 1.63 bits per heavy atom. The van der Waals surface area contributed by atoms with Crippen molar-refractivity contribution in [1.29, 1.82) is 0 Å². The maximum Gasteiger partial charge on any atom is 0.329 e. The fourth-order valence-corrected chi connectivity index (χ4v) is 2.78. The first-order chi connectivity index (χ1) is 14.2. The number of halogens is 1. The number of hydrogen-bond donors (Lipinski definition) is 1. The van der Waals surface area contributed by atoms with E-state index in [1.807, 2.05) is 6.92 Å². The highest BCUT2D eigenvalue weighted by Gasteiger charge is 2.30. The van der Waals surface area contributed by atoms with Crippen LogP contribution < -0.4 is 10.1 Å². The van der Waals surface area contributed by atoms with Gasteiger partial charge in [-0.3, -0.25) is 9.59 Å². The molecule has 6 nitrogen and oxygen atoms in total. The summed E-state index contributed by atoms with van der Waals surface area (Å²) < 4.78 is 24.5. The molecule has 1 amide bonds. The second kappa shape index (κ2) is 10.5. The number of ketones is 1. The number of hydrogen-bond acceptors (Lipinski definition) is 5. The van der Waals surface area contributed by atoms with E-state index in [0.29, 0.717) is 17.9 Å². The Hall–Kier alpha value is -3.22. The molecule has 0 aliphatic heterocycles. The zero-order valence-electron chi connectivity index (χ0n) is 17.5. The maximum absolute atomic E-state index is 13.8. The Labute approximate surface area is 175 Å². The van der Waals surface area contributed by atoms with Crippen LogP contribution in [0.2, 0.25) is 0 Å². The van der Waals surface area contributed by atoms with E-state index in [4.69, 9.17) is 9.47 Å². The third kappa shape index (κ3) is 5.89. The fourth-order valence-electron chi connectivity index (χ4n) is 2.78. The number of esters is 1. The highest BCUT2D eigenvalue weighted by molar-refractivity contribution is 6.01. The van der Waals surface area contributed by atoms with Crippen molar-refractivity contribution in [2.45, 2.75) is 39.8 Å². The highest BCUT2D eigenvalue weighted by Crippen LogP contribution is 2.16. The summed E-state index contributed by atoms with van der Waals surface area (Å²) in [6.07, 6.45) is -1.05. The van der Waals surface area contributed by atoms with E-state index >= 15 is 0 Å². The summed E-state index contributed by atoms with van der Waals surface area (Å²) in [6, 6.07) is 11.0. The van der Waals surface area contributed by atoms with E-state index in [0.717, 1.165) is 6.07 Å². The van der Waals surface area contributed by atoms with Crippen LogP contribution in [0, 0.1) is 11.7 Å². The third-order valence-electron chi connectivity index (χ3n) is 4.44. The summed E-state index contributed by atoms with van der Waals surface area (Å²) in [7, 11) is 0. The second-order valence-corrected chi connectivity index (χ2v) is 7.08. The Bertz CT molecular complexity index is 895. The molecule has 0 saturated carbocycles. The van der Waals surface area contributed by atoms with Crippen LogP contribution >= 0.6 is 0 Å². The Morgan fingerprint density at radius 1 is 1.00 bits per heavy atom. The van der Waals surface area contributed by atoms with Crippen LogP contribution in [0.5, 0.6) is 5.75 Å². The standard InChI is InChI=1S/C23H26FNO5/c1-5-29-17-12-10-16(11-13-17)21(26)15(4)30-23(28)20(14(2)3)25-22(27)18-8-6-7-9-19(18)24/h6-15,20H,5H2,1-4H3,(H,25,27). The molecule has 2 rings (SSSR count). The predicted octanol–water partition coefficient (Wildman–Crippen LogP) is 3.79. The number of nitrogens with one attached hydrogen (secondary N) is 1. The molecule has 0 bridgehead atoms. The maximum atomic E-state index is 13.8. The number of ether oxygens (including phenoxy) is 2. The van der Waals surface area contributed by atoms with Crippen LogP contribution in [-0.2, 0) is 9.53 Å². The van der Waals surface area contributed by atoms with Crippen LogP contribution in [0.4, 0.5) is 4.39 Å². The number of carbonyl (C=O) groups is 3. The van der Waals surface area contributed by atoms with Gasteiger partial charge in [-0.1, -0.05) is 26.0 Å². The van der Waals surface area contributed by atoms with E-state index < -0.39 is 29.8 Å². The first kappa shape index (κ1) is 23.1. The quantitative estimate of drug-likeness (QED) is 0.498. The lowest BCUT2D eigenvalue weighted by Crippen LogP contribution is -2.47. The number of Topliss-reactive ketones (excluding diaryl/α,β-unsaturated/α-hetero) is 1. The third-order valence-corrected chi connectivity index (χ3v) is 4.44. The number of benzene rings is 2. The largest absolute Gasteiger partial charge is 0.494 e. The molecule has 0 heterocycles. The van der Waals surface area contributed by atoms with Crippen molar-refractivity contribution in [2.24, 2.45) is 5.92 Å². The Balaban J connectivity index is 2.05. The summed E-state index contributed by atoms with van der Waals surface area (Å²) in [6.45, 7) is 7.26. The van der Waals surface area contributed by atoms with E-state index in [2.05, 4.69) is 5.32 Å². The van der Waals surface area contributed by atoms with Crippen molar-refractivity contribution in [1.82, 2.24) is 5.32 Å². The van der Waals surface area contributed by atoms with E-state index in [1.165, 1.54) is 25.1 Å². The van der Waals surface area contributed by atoms with Crippen molar-refractivity contribution in [2.75, 3.05) is 6.61 Å². The summed E-state index contributed by atoms with van der Waals surface area (Å²) in [5.74, 6) is -2.26. The summed E-state index contributed by atoms with van der Waals surface area (Å²) in [4.78, 5) is 37.6. The molecule has 0 fully saturated rings. The number of amides is 1. The van der Waals surface area contributed by atoms with Crippen molar-refractivity contribution >= 4 is 17.7 Å². The van der Waals surface area contributed by atoms with Gasteiger partial charge >= 0.3 is 5.97 Å². The molecule has 2 unspecified atom stereocenters. The van der Waals surface area contributed by atoms with Gasteiger partial charge in [0.15, 0.2) is 6.10 Å². The van der Waals surface area contributed by atoms with Gasteiger partial charge in [0.25, 0.3) is 5.91 Å². The van der Waals surface area contributed by atoms with Gasteiger partial charge in [0.2, 0.25) is 5.78 Å². The minimum atomic E-state index is -1.05. The molecule has 30 heavy (non-hydrogen) atoms. The van der Waals surface area contributed by atoms with Gasteiger partial charge in [-0.25, -0.2) is 9.18 Å². The van der Waals surface area contributed by atoms with Gasteiger partial charge in [-0.05, 0) is 56.2 Å². The van der Waals surface area contributed by atoms with Crippen molar-refractivity contribution < 1.29 is 28.2 Å². The summed E-state index contributed by atoms with van der Waals surface area (Å²) in [5, 5.41) is 2.50. The molecule has 0 aliphatic carbocycles. The molecule has 2 atom stereocenters. The Morgan fingerprint density at radius 3 is 2.20 bits per heavy atom. The molecule has 7 heteroatoms. The molecule has 0 radical (unpaired) electrons. The van der Waals surface area contributed by atoms with Crippen LogP contribution in [0.3, 0.4) is 0 Å². The minimum absolute atomic E-state index is 0.172. The lowest BCUT2D eigenvalue weighted by Gasteiger charge is -2.23. The molecule has 160 valence electrons. The molecule has 0 aliphatic rings. The van der Waals surface area contributed by atoms with Crippen LogP contribution in [0.1, 0.15) is 48.4 Å². The lowest BCUT2D eigenvalue weighted by atomic mass is 10.0. The predicted molar refractivity (Wildman–Crippen MR) is 110 cm³/mol. The topological polar surface area (TPSA) is 81.7 Å². The van der Waals surface area contributed by atoms with E-state index in [-0.39, 0.29) is 17.3 Å². The van der Waals surface area contributed by atoms with E-state index in [9.17, 15) is 18.8 Å². The van der Waals surface area contributed by atoms with E-state index in [1.54, 1.807) is 38.1 Å². The molecule has 0 aromatic heterocycles. The molecular weight excluding hydrogens is 389 g/mol. The van der Waals surface area contributed by atoms with Crippen molar-refractivity contribution in [3.8, 4) is 5.75 Å². The molecule has 2 aromatic carbocycles. The first-order valence-corrected chi connectivity index (χ1v) is 9.77. The summed E-state index contributed by atoms with van der Waals surface area (Å²) in [5.41, 5.74) is 0.199. The molecule has 0 saturated heterocycles. The average Bonchev–Trinajstić information content (AvgIpc) is 2.72. The molecule has 1 N–H and O–H groups in total. The molecular formula is C23H26FNO5. The average molecular weight is 415 g/mol. The Kier molecular flexibility index (Phi) is 8.09.